The average molecular weight is 266 g/mol. The molecule has 0 heterocycles. The van der Waals surface area contributed by atoms with E-state index in [1.807, 2.05) is 0 Å². The van der Waals surface area contributed by atoms with Crippen LogP contribution >= 0.6 is 15.2 Å². The molecule has 6 nitrogen and oxygen atoms in total. The predicted molar refractivity (Wildman–Crippen MR) is 59.3 cm³/mol. The zero-order valence-corrected chi connectivity index (χ0v) is 10.4. The largest absolute Gasteiger partial charge is 0.357 e. The highest BCUT2D eigenvalue weighted by atomic mass is 31.2. The zero-order valence-electron chi connectivity index (χ0n) is 8.65. The zero-order chi connectivity index (χ0) is 12.7. The fraction of sp³-hybridized carbons (Fsp3) is 0.250. The van der Waals surface area contributed by atoms with E-state index in [9.17, 15) is 9.13 Å². The van der Waals surface area contributed by atoms with Gasteiger partial charge in [0.05, 0.1) is 10.6 Å². The molecule has 1 aromatic carbocycles. The first-order valence-corrected chi connectivity index (χ1v) is 7.50. The van der Waals surface area contributed by atoms with E-state index >= 15 is 0 Å². The van der Waals surface area contributed by atoms with Crippen molar-refractivity contribution in [1.29, 1.82) is 0 Å². The highest BCUT2D eigenvalue weighted by Gasteiger charge is 2.32. The Morgan fingerprint density at radius 2 is 1.44 bits per heavy atom. The molecule has 0 unspecified atom stereocenters. The minimum atomic E-state index is -4.71. The predicted octanol–water partition coefficient (Wildman–Crippen LogP) is -0.0906. The van der Waals surface area contributed by atoms with Crippen molar-refractivity contribution >= 4 is 25.8 Å². The number of benzene rings is 1. The van der Waals surface area contributed by atoms with E-state index in [0.717, 1.165) is 6.07 Å². The second-order valence-electron chi connectivity index (χ2n) is 3.46. The lowest BCUT2D eigenvalue weighted by Gasteiger charge is -2.16. The van der Waals surface area contributed by atoms with Crippen LogP contribution in [0.15, 0.2) is 12.1 Å². The Bertz CT molecular complexity index is 512. The van der Waals surface area contributed by atoms with Gasteiger partial charge in [-0.15, -0.1) is 0 Å². The topological polar surface area (TPSA) is 115 Å². The number of rotatable bonds is 2. The van der Waals surface area contributed by atoms with Gasteiger partial charge in [-0.3, -0.25) is 9.13 Å². The van der Waals surface area contributed by atoms with Gasteiger partial charge in [-0.2, -0.15) is 0 Å². The van der Waals surface area contributed by atoms with E-state index in [0.29, 0.717) is 5.56 Å². The fourth-order valence-corrected chi connectivity index (χ4v) is 3.87. The molecule has 0 bridgehead atoms. The van der Waals surface area contributed by atoms with Crippen LogP contribution in [-0.4, -0.2) is 19.6 Å². The van der Waals surface area contributed by atoms with Gasteiger partial charge >= 0.3 is 15.2 Å². The molecule has 4 N–H and O–H groups in total. The van der Waals surface area contributed by atoms with Crippen molar-refractivity contribution in [3.05, 3.63) is 23.3 Å². The Kier molecular flexibility index (Phi) is 3.46. The van der Waals surface area contributed by atoms with Crippen molar-refractivity contribution in [3.8, 4) is 0 Å². The quantitative estimate of drug-likeness (QED) is 0.556. The molecule has 0 amide bonds. The van der Waals surface area contributed by atoms with Crippen LogP contribution in [0.1, 0.15) is 11.1 Å². The molecule has 0 aliphatic heterocycles. The normalized spacial score (nSPS) is 12.9. The molecule has 0 aliphatic carbocycles. The Hall–Kier alpha value is -0.480. The standard InChI is InChI=1S/C8H12O6P2/c1-5-3-4-7(15(9,10)11)8(6(5)2)16(12,13)14/h3-4H,1-2H3,(H2,9,10,11)(H2,12,13,14). The van der Waals surface area contributed by atoms with Crippen LogP contribution in [0.3, 0.4) is 0 Å². The maximum Gasteiger partial charge on any atom is 0.357 e. The van der Waals surface area contributed by atoms with Crippen LogP contribution in [0.25, 0.3) is 0 Å². The van der Waals surface area contributed by atoms with Gasteiger partial charge < -0.3 is 19.6 Å². The second kappa shape index (κ2) is 4.08. The van der Waals surface area contributed by atoms with Crippen molar-refractivity contribution in [2.75, 3.05) is 0 Å². The lowest BCUT2D eigenvalue weighted by molar-refractivity contribution is 0.381. The molecular formula is C8H12O6P2. The van der Waals surface area contributed by atoms with Crippen molar-refractivity contribution in [1.82, 2.24) is 0 Å². The molecule has 16 heavy (non-hydrogen) atoms. The molecule has 1 rings (SSSR count). The van der Waals surface area contributed by atoms with Crippen LogP contribution in [0.2, 0.25) is 0 Å². The minimum Gasteiger partial charge on any atom is -0.321 e. The van der Waals surface area contributed by atoms with Crippen molar-refractivity contribution in [2.45, 2.75) is 13.8 Å². The van der Waals surface area contributed by atoms with Gasteiger partial charge in [-0.25, -0.2) is 0 Å². The summed E-state index contributed by atoms with van der Waals surface area (Å²) in [5.74, 6) is 0. The van der Waals surface area contributed by atoms with Crippen LogP contribution in [0, 0.1) is 13.8 Å². The molecular weight excluding hydrogens is 254 g/mol. The van der Waals surface area contributed by atoms with Crippen LogP contribution in [-0.2, 0) is 9.13 Å². The van der Waals surface area contributed by atoms with Gasteiger partial charge in [0.1, 0.15) is 0 Å². The Labute approximate surface area is 92.3 Å². The summed E-state index contributed by atoms with van der Waals surface area (Å²) in [6, 6.07) is 2.47. The van der Waals surface area contributed by atoms with Gasteiger partial charge in [-0.1, -0.05) is 6.07 Å². The Morgan fingerprint density at radius 3 is 1.81 bits per heavy atom. The summed E-state index contributed by atoms with van der Waals surface area (Å²) in [5.41, 5.74) is 0.768. The maximum absolute atomic E-state index is 11.2. The molecule has 90 valence electrons. The molecule has 0 atom stereocenters. The second-order valence-corrected chi connectivity index (χ2v) is 6.57. The fourth-order valence-electron chi connectivity index (χ4n) is 1.39. The molecule has 0 spiro atoms. The molecule has 0 saturated heterocycles. The summed E-state index contributed by atoms with van der Waals surface area (Å²) in [6.07, 6.45) is 0. The minimum absolute atomic E-state index is 0.203. The Balaban J connectivity index is 3.73. The first kappa shape index (κ1) is 13.6. The SMILES string of the molecule is Cc1ccc(P(=O)(O)O)c(P(=O)(O)O)c1C. The third-order valence-electron chi connectivity index (χ3n) is 2.29. The first-order chi connectivity index (χ1) is 7.05. The molecule has 0 radical (unpaired) electrons. The van der Waals surface area contributed by atoms with E-state index in [-0.39, 0.29) is 5.56 Å². The number of hydrogen-bond acceptors (Lipinski definition) is 2. The summed E-state index contributed by atoms with van der Waals surface area (Å²) >= 11 is 0. The van der Waals surface area contributed by atoms with E-state index in [4.69, 9.17) is 19.6 Å². The average Bonchev–Trinajstić information content (AvgIpc) is 2.05. The third kappa shape index (κ3) is 2.61. The monoisotopic (exact) mass is 266 g/mol. The molecule has 8 heteroatoms. The van der Waals surface area contributed by atoms with E-state index in [1.54, 1.807) is 6.92 Å². The van der Waals surface area contributed by atoms with Crippen LogP contribution < -0.4 is 10.6 Å². The number of aryl methyl sites for hydroxylation is 1. The highest BCUT2D eigenvalue weighted by molar-refractivity contribution is 7.67. The molecule has 0 fully saturated rings. The smallest absolute Gasteiger partial charge is 0.321 e. The van der Waals surface area contributed by atoms with Gasteiger partial charge in [-0.05, 0) is 31.0 Å². The van der Waals surface area contributed by atoms with Gasteiger partial charge in [0.2, 0.25) is 0 Å². The van der Waals surface area contributed by atoms with Crippen molar-refractivity contribution in [3.63, 3.8) is 0 Å². The summed E-state index contributed by atoms with van der Waals surface area (Å²) in [4.78, 5) is 36.2. The maximum atomic E-state index is 11.2. The molecule has 1 aromatic rings. The van der Waals surface area contributed by atoms with Gasteiger partial charge in [0.25, 0.3) is 0 Å². The van der Waals surface area contributed by atoms with Crippen molar-refractivity contribution in [2.24, 2.45) is 0 Å². The summed E-state index contributed by atoms with van der Waals surface area (Å²) in [7, 11) is -9.40. The van der Waals surface area contributed by atoms with Gasteiger partial charge in [0.15, 0.2) is 0 Å². The lowest BCUT2D eigenvalue weighted by Crippen LogP contribution is -2.28. The molecule has 0 aromatic heterocycles. The summed E-state index contributed by atoms with van der Waals surface area (Å²) in [6.45, 7) is 3.03. The Morgan fingerprint density at radius 1 is 0.938 bits per heavy atom. The van der Waals surface area contributed by atoms with E-state index in [1.165, 1.54) is 13.0 Å². The molecule has 0 saturated carbocycles. The molecule has 0 aliphatic rings. The van der Waals surface area contributed by atoms with E-state index in [2.05, 4.69) is 0 Å². The van der Waals surface area contributed by atoms with E-state index < -0.39 is 25.8 Å². The third-order valence-corrected chi connectivity index (χ3v) is 4.62. The van der Waals surface area contributed by atoms with Crippen molar-refractivity contribution < 1.29 is 28.7 Å². The van der Waals surface area contributed by atoms with Crippen LogP contribution in [0.4, 0.5) is 0 Å². The van der Waals surface area contributed by atoms with Gasteiger partial charge in [0, 0.05) is 0 Å². The first-order valence-electron chi connectivity index (χ1n) is 4.27. The summed E-state index contributed by atoms with van der Waals surface area (Å²) in [5, 5.41) is -1.18. The summed E-state index contributed by atoms with van der Waals surface area (Å²) < 4.78 is 22.3. The lowest BCUT2D eigenvalue weighted by atomic mass is 10.1. The number of hydrogen-bond donors (Lipinski definition) is 4. The highest BCUT2D eigenvalue weighted by Crippen LogP contribution is 2.41. The van der Waals surface area contributed by atoms with Crippen LogP contribution in [0.5, 0.6) is 0 Å².